The minimum Gasteiger partial charge on any atom is -0.489 e. The van der Waals surface area contributed by atoms with E-state index in [1.54, 1.807) is 17.1 Å². The fourth-order valence-electron chi connectivity index (χ4n) is 3.83. The van der Waals surface area contributed by atoms with Gasteiger partial charge in [0.15, 0.2) is 5.43 Å². The van der Waals surface area contributed by atoms with Gasteiger partial charge >= 0.3 is 12.4 Å². The highest BCUT2D eigenvalue weighted by atomic mass is 19.4. The van der Waals surface area contributed by atoms with Crippen molar-refractivity contribution in [2.45, 2.75) is 19.0 Å². The normalized spacial score (nSPS) is 12.2. The van der Waals surface area contributed by atoms with Crippen LogP contribution in [0.3, 0.4) is 0 Å². The Morgan fingerprint density at radius 3 is 2.21 bits per heavy atom. The van der Waals surface area contributed by atoms with E-state index in [0.717, 1.165) is 17.5 Å². The molecular formula is C27H16F6N2O3. The van der Waals surface area contributed by atoms with Gasteiger partial charge in [-0.15, -0.1) is 0 Å². The second-order valence-electron chi connectivity index (χ2n) is 8.35. The zero-order valence-corrected chi connectivity index (χ0v) is 19.2. The van der Waals surface area contributed by atoms with Crippen molar-refractivity contribution in [1.82, 2.24) is 9.78 Å². The van der Waals surface area contributed by atoms with Gasteiger partial charge in [0, 0.05) is 17.8 Å². The van der Waals surface area contributed by atoms with Crippen LogP contribution in [0.4, 0.5) is 26.3 Å². The van der Waals surface area contributed by atoms with Gasteiger partial charge in [-0.2, -0.15) is 31.4 Å². The molecule has 0 fully saturated rings. The Bertz CT molecular complexity index is 1640. The van der Waals surface area contributed by atoms with Gasteiger partial charge in [0.05, 0.1) is 34.0 Å². The molecule has 0 aliphatic rings. The number of para-hydroxylation sites is 1. The predicted molar refractivity (Wildman–Crippen MR) is 126 cm³/mol. The van der Waals surface area contributed by atoms with Crippen LogP contribution >= 0.6 is 0 Å². The van der Waals surface area contributed by atoms with Gasteiger partial charge in [0.1, 0.15) is 24.2 Å². The Morgan fingerprint density at radius 2 is 1.55 bits per heavy atom. The molecule has 5 nitrogen and oxygen atoms in total. The van der Waals surface area contributed by atoms with Crippen molar-refractivity contribution >= 4 is 11.0 Å². The molecule has 0 aliphatic heterocycles. The molecular weight excluding hydrogens is 514 g/mol. The Morgan fingerprint density at radius 1 is 0.868 bits per heavy atom. The van der Waals surface area contributed by atoms with Crippen molar-refractivity contribution in [3.8, 4) is 22.6 Å². The van der Waals surface area contributed by atoms with Crippen LogP contribution in [0.5, 0.6) is 5.75 Å². The smallest absolute Gasteiger partial charge is 0.416 e. The monoisotopic (exact) mass is 530 g/mol. The minimum atomic E-state index is -5.04. The van der Waals surface area contributed by atoms with Crippen LogP contribution in [0.15, 0.2) is 94.6 Å². The molecule has 2 aromatic heterocycles. The third kappa shape index (κ3) is 5.13. The molecule has 11 heteroatoms. The molecule has 2 heterocycles. The molecule has 0 saturated heterocycles. The highest BCUT2D eigenvalue weighted by molar-refractivity contribution is 5.82. The Balaban J connectivity index is 1.42. The van der Waals surface area contributed by atoms with Crippen LogP contribution in [0, 0.1) is 0 Å². The molecule has 0 aliphatic carbocycles. The van der Waals surface area contributed by atoms with E-state index in [4.69, 9.17) is 9.15 Å². The van der Waals surface area contributed by atoms with Crippen molar-refractivity contribution in [2.24, 2.45) is 0 Å². The number of fused-ring (bicyclic) bond motifs is 1. The molecule has 0 atom stereocenters. The van der Waals surface area contributed by atoms with Crippen molar-refractivity contribution in [3.05, 3.63) is 112 Å². The van der Waals surface area contributed by atoms with E-state index in [1.807, 2.05) is 30.3 Å². The van der Waals surface area contributed by atoms with Gasteiger partial charge < -0.3 is 9.15 Å². The zero-order chi connectivity index (χ0) is 27.1. The molecule has 194 valence electrons. The first-order chi connectivity index (χ1) is 18.0. The van der Waals surface area contributed by atoms with Gasteiger partial charge in [-0.3, -0.25) is 4.79 Å². The summed E-state index contributed by atoms with van der Waals surface area (Å²) in [5.74, 6) is 0.333. The van der Waals surface area contributed by atoms with E-state index in [0.29, 0.717) is 17.9 Å². The largest absolute Gasteiger partial charge is 0.489 e. The van der Waals surface area contributed by atoms with E-state index in [-0.39, 0.29) is 23.6 Å². The number of alkyl halides is 6. The maximum atomic E-state index is 13.2. The molecule has 5 rings (SSSR count). The second-order valence-corrected chi connectivity index (χ2v) is 8.35. The molecule has 0 bridgehead atoms. The Labute approximate surface area is 210 Å². The number of benzene rings is 3. The maximum absolute atomic E-state index is 13.2. The summed E-state index contributed by atoms with van der Waals surface area (Å²) in [7, 11) is 0. The maximum Gasteiger partial charge on any atom is 0.416 e. The molecule has 0 unspecified atom stereocenters. The predicted octanol–water partition coefficient (Wildman–Crippen LogP) is 7.26. The summed E-state index contributed by atoms with van der Waals surface area (Å²) in [5, 5.41) is 4.25. The van der Waals surface area contributed by atoms with Crippen LogP contribution in [0.2, 0.25) is 0 Å². The Hall–Kier alpha value is -4.54. The minimum absolute atomic E-state index is 0.000644. The number of hydrogen-bond donors (Lipinski definition) is 0. The van der Waals surface area contributed by atoms with Gasteiger partial charge in [-0.25, -0.2) is 4.68 Å². The summed E-state index contributed by atoms with van der Waals surface area (Å²) in [6.07, 6.45) is -5.83. The van der Waals surface area contributed by atoms with Crippen LogP contribution in [0.1, 0.15) is 16.7 Å². The summed E-state index contributed by atoms with van der Waals surface area (Å²) in [6.45, 7) is 0.144. The summed E-state index contributed by atoms with van der Waals surface area (Å²) < 4.78 is 92.3. The number of halogens is 6. The average Bonchev–Trinajstić information content (AvgIpc) is 3.36. The van der Waals surface area contributed by atoms with E-state index >= 15 is 0 Å². The van der Waals surface area contributed by atoms with E-state index in [2.05, 4.69) is 5.10 Å². The fourth-order valence-corrected chi connectivity index (χ4v) is 3.83. The van der Waals surface area contributed by atoms with Gasteiger partial charge in [-0.1, -0.05) is 18.2 Å². The molecule has 3 aromatic carbocycles. The van der Waals surface area contributed by atoms with E-state index in [9.17, 15) is 31.1 Å². The van der Waals surface area contributed by atoms with Crippen LogP contribution in [0.25, 0.3) is 27.8 Å². The van der Waals surface area contributed by atoms with Gasteiger partial charge in [0.25, 0.3) is 0 Å². The summed E-state index contributed by atoms with van der Waals surface area (Å²) in [6, 6.07) is 14.6. The topological polar surface area (TPSA) is 57.3 Å². The molecule has 0 saturated carbocycles. The fraction of sp³-hybridized carbons (Fsp3) is 0.111. The number of aromatic nitrogens is 2. The molecule has 0 N–H and O–H groups in total. The van der Waals surface area contributed by atoms with Gasteiger partial charge in [0.2, 0.25) is 0 Å². The first kappa shape index (κ1) is 25.1. The zero-order valence-electron chi connectivity index (χ0n) is 19.2. The van der Waals surface area contributed by atoms with Crippen LogP contribution in [-0.2, 0) is 19.0 Å². The molecule has 0 radical (unpaired) electrons. The third-order valence-corrected chi connectivity index (χ3v) is 5.71. The first-order valence-corrected chi connectivity index (χ1v) is 11.1. The highest BCUT2D eigenvalue weighted by Crippen LogP contribution is 2.38. The van der Waals surface area contributed by atoms with Crippen LogP contribution < -0.4 is 10.2 Å². The number of rotatable bonds is 5. The van der Waals surface area contributed by atoms with Crippen molar-refractivity contribution < 1.29 is 35.5 Å². The molecule has 5 aromatic rings. The third-order valence-electron chi connectivity index (χ3n) is 5.71. The molecule has 0 spiro atoms. The summed E-state index contributed by atoms with van der Waals surface area (Å²) >= 11 is 0. The quantitative estimate of drug-likeness (QED) is 0.225. The lowest BCUT2D eigenvalue weighted by Gasteiger charge is -2.14. The molecule has 0 amide bonds. The van der Waals surface area contributed by atoms with E-state index < -0.39 is 40.0 Å². The number of nitrogens with zero attached hydrogens (tertiary/aromatic N) is 2. The van der Waals surface area contributed by atoms with Crippen LogP contribution in [-0.4, -0.2) is 9.78 Å². The SMILES string of the molecule is O=c1c(-c2cc(C(F)(F)F)cc(C(F)(F)F)c2)coc2cc(OCc3cnn(-c4ccccc4)c3)ccc12. The standard InChI is InChI=1S/C27H16F6N2O3/c28-26(29,30)18-8-17(9-19(10-18)27(31,32)33)23-15-38-24-11-21(6-7-22(24)25(23)36)37-14-16-12-34-35(13-16)20-4-2-1-3-5-20/h1-13,15H,14H2. The van der Waals surface area contributed by atoms with Crippen molar-refractivity contribution in [1.29, 1.82) is 0 Å². The lowest BCUT2D eigenvalue weighted by atomic mass is 9.99. The van der Waals surface area contributed by atoms with E-state index in [1.165, 1.54) is 18.2 Å². The lowest BCUT2D eigenvalue weighted by Crippen LogP contribution is -2.12. The summed E-state index contributed by atoms with van der Waals surface area (Å²) in [4.78, 5) is 13.0. The second kappa shape index (κ2) is 9.40. The van der Waals surface area contributed by atoms with Gasteiger partial charge in [-0.05, 0) is 48.0 Å². The average molecular weight is 530 g/mol. The molecule has 38 heavy (non-hydrogen) atoms. The van der Waals surface area contributed by atoms with Crippen molar-refractivity contribution in [2.75, 3.05) is 0 Å². The lowest BCUT2D eigenvalue weighted by molar-refractivity contribution is -0.143. The number of hydrogen-bond acceptors (Lipinski definition) is 4. The van der Waals surface area contributed by atoms with Crippen molar-refractivity contribution in [3.63, 3.8) is 0 Å². The number of ether oxygens (including phenoxy) is 1. The Kier molecular flexibility index (Phi) is 6.22. The summed E-state index contributed by atoms with van der Waals surface area (Å²) in [5.41, 5.74) is -3.15. The first-order valence-electron chi connectivity index (χ1n) is 11.1. The highest BCUT2D eigenvalue weighted by Gasteiger charge is 2.37.